The summed E-state index contributed by atoms with van der Waals surface area (Å²) >= 11 is 0. The Hall–Kier alpha value is -2.05. The van der Waals surface area contributed by atoms with Crippen molar-refractivity contribution in [2.24, 2.45) is 0 Å². The summed E-state index contributed by atoms with van der Waals surface area (Å²) in [5.41, 5.74) is 2.64. The van der Waals surface area contributed by atoms with Crippen molar-refractivity contribution in [1.82, 2.24) is 4.72 Å². The molecule has 1 unspecified atom stereocenters. The molecule has 0 fully saturated rings. The standard InChI is InChI=1S/C19H23NO4S/c1-3-23-18-10-16-9-14(2)24-19(16)11-17(18)12-20-25(21,22)13-15-7-5-4-6-8-15/h4-8,10-11,14,20H,3,9,12-13H2,1-2H3. The lowest BCUT2D eigenvalue weighted by Gasteiger charge is -2.13. The third kappa shape index (κ3) is 4.52. The van der Waals surface area contributed by atoms with Crippen molar-refractivity contribution in [3.8, 4) is 11.5 Å². The van der Waals surface area contributed by atoms with Gasteiger partial charge in [0.25, 0.3) is 0 Å². The van der Waals surface area contributed by atoms with E-state index in [1.54, 1.807) is 12.1 Å². The Morgan fingerprint density at radius 3 is 2.72 bits per heavy atom. The minimum atomic E-state index is -3.44. The molecule has 6 heteroatoms. The van der Waals surface area contributed by atoms with Crippen molar-refractivity contribution in [2.45, 2.75) is 38.7 Å². The van der Waals surface area contributed by atoms with Crippen LogP contribution in [-0.4, -0.2) is 21.1 Å². The summed E-state index contributed by atoms with van der Waals surface area (Å²) in [6.07, 6.45) is 0.976. The zero-order valence-electron chi connectivity index (χ0n) is 14.5. The summed E-state index contributed by atoms with van der Waals surface area (Å²) in [5.74, 6) is 1.48. The van der Waals surface area contributed by atoms with Gasteiger partial charge in [-0.25, -0.2) is 13.1 Å². The Morgan fingerprint density at radius 1 is 1.24 bits per heavy atom. The highest BCUT2D eigenvalue weighted by Crippen LogP contribution is 2.35. The lowest BCUT2D eigenvalue weighted by atomic mass is 10.1. The molecule has 0 radical (unpaired) electrons. The van der Waals surface area contributed by atoms with E-state index < -0.39 is 10.0 Å². The molecule has 25 heavy (non-hydrogen) atoms. The van der Waals surface area contributed by atoms with Crippen LogP contribution in [0.25, 0.3) is 0 Å². The van der Waals surface area contributed by atoms with Crippen molar-refractivity contribution in [2.75, 3.05) is 6.61 Å². The van der Waals surface area contributed by atoms with Crippen LogP contribution in [0.5, 0.6) is 11.5 Å². The SMILES string of the molecule is CCOc1cc2c(cc1CNS(=O)(=O)Cc1ccccc1)OC(C)C2. The van der Waals surface area contributed by atoms with Gasteiger partial charge >= 0.3 is 0 Å². The zero-order chi connectivity index (χ0) is 17.9. The van der Waals surface area contributed by atoms with Crippen LogP contribution in [0.1, 0.15) is 30.5 Å². The fraction of sp³-hybridized carbons (Fsp3) is 0.368. The molecule has 1 aliphatic rings. The normalized spacial score (nSPS) is 16.3. The van der Waals surface area contributed by atoms with Crippen LogP contribution < -0.4 is 14.2 Å². The van der Waals surface area contributed by atoms with E-state index in [1.807, 2.05) is 44.2 Å². The van der Waals surface area contributed by atoms with Crippen LogP contribution in [0.4, 0.5) is 0 Å². The highest BCUT2D eigenvalue weighted by Gasteiger charge is 2.22. The van der Waals surface area contributed by atoms with Crippen molar-refractivity contribution in [3.63, 3.8) is 0 Å². The average Bonchev–Trinajstić information content (AvgIpc) is 2.92. The summed E-state index contributed by atoms with van der Waals surface area (Å²) in [5, 5.41) is 0. The summed E-state index contributed by atoms with van der Waals surface area (Å²) in [6, 6.07) is 13.0. The van der Waals surface area contributed by atoms with Gasteiger partial charge in [0.05, 0.1) is 12.4 Å². The molecule has 2 aromatic rings. The van der Waals surface area contributed by atoms with E-state index in [1.165, 1.54) is 0 Å². The number of sulfonamides is 1. The van der Waals surface area contributed by atoms with Gasteiger partial charge in [-0.2, -0.15) is 0 Å². The van der Waals surface area contributed by atoms with Crippen LogP contribution in [-0.2, 0) is 28.7 Å². The molecule has 0 bridgehead atoms. The van der Waals surface area contributed by atoms with Crippen molar-refractivity contribution >= 4 is 10.0 Å². The first-order valence-electron chi connectivity index (χ1n) is 8.43. The predicted molar refractivity (Wildman–Crippen MR) is 97.3 cm³/mol. The molecule has 0 amide bonds. The monoisotopic (exact) mass is 361 g/mol. The second-order valence-corrected chi connectivity index (χ2v) is 8.01. The summed E-state index contributed by atoms with van der Waals surface area (Å²) < 4.78 is 38.8. The maximum atomic E-state index is 12.3. The van der Waals surface area contributed by atoms with Crippen molar-refractivity contribution < 1.29 is 17.9 Å². The molecular formula is C19H23NO4S. The van der Waals surface area contributed by atoms with Gasteiger partial charge in [0.2, 0.25) is 10.0 Å². The smallest absolute Gasteiger partial charge is 0.216 e. The molecule has 3 rings (SSSR count). The van der Waals surface area contributed by atoms with Gasteiger partial charge in [-0.15, -0.1) is 0 Å². The Kier molecular flexibility index (Phi) is 5.30. The third-order valence-corrected chi connectivity index (χ3v) is 5.36. The highest BCUT2D eigenvalue weighted by molar-refractivity contribution is 7.88. The predicted octanol–water partition coefficient (Wildman–Crippen LogP) is 3.03. The van der Waals surface area contributed by atoms with Gasteiger partial charge in [0.15, 0.2) is 0 Å². The number of ether oxygens (including phenoxy) is 2. The van der Waals surface area contributed by atoms with Crippen LogP contribution in [0, 0.1) is 0 Å². The first-order valence-corrected chi connectivity index (χ1v) is 10.1. The molecule has 1 aliphatic heterocycles. The molecule has 1 N–H and O–H groups in total. The quantitative estimate of drug-likeness (QED) is 0.823. The van der Waals surface area contributed by atoms with Gasteiger partial charge in [-0.3, -0.25) is 0 Å². The van der Waals surface area contributed by atoms with Gasteiger partial charge in [-0.1, -0.05) is 30.3 Å². The maximum Gasteiger partial charge on any atom is 0.216 e. The largest absolute Gasteiger partial charge is 0.494 e. The number of hydrogen-bond acceptors (Lipinski definition) is 4. The molecule has 0 aliphatic carbocycles. The first-order chi connectivity index (χ1) is 12.0. The number of benzene rings is 2. The minimum absolute atomic E-state index is 0.0454. The third-order valence-electron chi connectivity index (χ3n) is 4.06. The van der Waals surface area contributed by atoms with Crippen LogP contribution >= 0.6 is 0 Å². The van der Waals surface area contributed by atoms with Crippen LogP contribution in [0.2, 0.25) is 0 Å². The molecule has 1 atom stereocenters. The topological polar surface area (TPSA) is 64.6 Å². The van der Waals surface area contributed by atoms with Crippen LogP contribution in [0.3, 0.4) is 0 Å². The lowest BCUT2D eigenvalue weighted by Crippen LogP contribution is -2.25. The fourth-order valence-electron chi connectivity index (χ4n) is 2.94. The van der Waals surface area contributed by atoms with E-state index in [0.29, 0.717) is 12.4 Å². The van der Waals surface area contributed by atoms with Gasteiger partial charge < -0.3 is 9.47 Å². The maximum absolute atomic E-state index is 12.3. The fourth-order valence-corrected chi connectivity index (χ4v) is 4.05. The number of nitrogens with one attached hydrogen (secondary N) is 1. The Morgan fingerprint density at radius 2 is 2.00 bits per heavy atom. The molecular weight excluding hydrogens is 338 g/mol. The Bertz CT molecular complexity index is 834. The van der Waals surface area contributed by atoms with E-state index in [4.69, 9.17) is 9.47 Å². The summed E-state index contributed by atoms with van der Waals surface area (Å²) in [6.45, 7) is 4.63. The van der Waals surface area contributed by atoms with Crippen LogP contribution in [0.15, 0.2) is 42.5 Å². The number of rotatable bonds is 7. The number of fused-ring (bicyclic) bond motifs is 1. The second kappa shape index (κ2) is 7.45. The van der Waals surface area contributed by atoms with E-state index in [9.17, 15) is 8.42 Å². The molecule has 1 heterocycles. The highest BCUT2D eigenvalue weighted by atomic mass is 32.2. The lowest BCUT2D eigenvalue weighted by molar-refractivity contribution is 0.254. The van der Waals surface area contributed by atoms with Gasteiger partial charge in [-0.05, 0) is 31.5 Å². The van der Waals surface area contributed by atoms with E-state index in [0.717, 1.165) is 28.9 Å². The Labute approximate surface area is 149 Å². The minimum Gasteiger partial charge on any atom is -0.494 e. The molecule has 0 saturated heterocycles. The number of hydrogen-bond donors (Lipinski definition) is 1. The molecule has 0 saturated carbocycles. The second-order valence-electron chi connectivity index (χ2n) is 6.20. The van der Waals surface area contributed by atoms with Crippen molar-refractivity contribution in [3.05, 3.63) is 59.2 Å². The van der Waals surface area contributed by atoms with Gasteiger partial charge in [0.1, 0.15) is 17.6 Å². The van der Waals surface area contributed by atoms with E-state index >= 15 is 0 Å². The van der Waals surface area contributed by atoms with Crippen molar-refractivity contribution in [1.29, 1.82) is 0 Å². The summed E-state index contributed by atoms with van der Waals surface area (Å²) in [4.78, 5) is 0. The Balaban J connectivity index is 1.75. The molecule has 2 aromatic carbocycles. The molecule has 5 nitrogen and oxygen atoms in total. The van der Waals surface area contributed by atoms with E-state index in [2.05, 4.69) is 4.72 Å². The first kappa shape index (κ1) is 17.8. The zero-order valence-corrected chi connectivity index (χ0v) is 15.3. The van der Waals surface area contributed by atoms with E-state index in [-0.39, 0.29) is 18.4 Å². The van der Waals surface area contributed by atoms with Gasteiger partial charge in [0, 0.05) is 24.1 Å². The molecule has 134 valence electrons. The molecule has 0 aromatic heterocycles. The summed E-state index contributed by atoms with van der Waals surface area (Å²) in [7, 11) is -3.44. The molecule has 0 spiro atoms. The average molecular weight is 361 g/mol.